The summed E-state index contributed by atoms with van der Waals surface area (Å²) >= 11 is 0. The fourth-order valence-corrected chi connectivity index (χ4v) is 2.71. The van der Waals surface area contributed by atoms with Gasteiger partial charge in [-0.2, -0.15) is 5.10 Å². The second kappa shape index (κ2) is 4.56. The Bertz CT molecular complexity index is 671. The van der Waals surface area contributed by atoms with Gasteiger partial charge < -0.3 is 11.1 Å². The molecule has 1 aliphatic rings. The Morgan fingerprint density at radius 3 is 2.95 bits per heavy atom. The van der Waals surface area contributed by atoms with Gasteiger partial charge >= 0.3 is 0 Å². The third kappa shape index (κ3) is 2.27. The minimum atomic E-state index is -0.300. The highest BCUT2D eigenvalue weighted by Crippen LogP contribution is 2.32. The first-order valence-corrected chi connectivity index (χ1v) is 6.85. The molecular formula is C14H19N5O. The number of fused-ring (bicyclic) bond motifs is 1. The first-order valence-electron chi connectivity index (χ1n) is 6.85. The third-order valence-electron chi connectivity index (χ3n) is 4.01. The van der Waals surface area contributed by atoms with Gasteiger partial charge in [0.1, 0.15) is 0 Å². The van der Waals surface area contributed by atoms with Gasteiger partial charge in [-0.15, -0.1) is 0 Å². The molecule has 6 nitrogen and oxygen atoms in total. The standard InChI is InChI=1S/C14H19N5O/c1-9-11-6-10(8-16-13(11)19(2)18-9)17-12(20)7-14(15)4-3-5-14/h6,8H,3-5,7,15H2,1-2H3,(H,17,20). The third-order valence-corrected chi connectivity index (χ3v) is 4.01. The van der Waals surface area contributed by atoms with Gasteiger partial charge in [0.15, 0.2) is 5.65 Å². The van der Waals surface area contributed by atoms with Crippen LogP contribution in [0.5, 0.6) is 0 Å². The highest BCUT2D eigenvalue weighted by atomic mass is 16.1. The second-order valence-corrected chi connectivity index (χ2v) is 5.75. The van der Waals surface area contributed by atoms with Crippen LogP contribution in [0.3, 0.4) is 0 Å². The van der Waals surface area contributed by atoms with E-state index in [4.69, 9.17) is 5.73 Å². The van der Waals surface area contributed by atoms with Crippen LogP contribution in [0.1, 0.15) is 31.4 Å². The van der Waals surface area contributed by atoms with E-state index in [0.717, 1.165) is 36.0 Å². The van der Waals surface area contributed by atoms with E-state index in [-0.39, 0.29) is 11.4 Å². The van der Waals surface area contributed by atoms with Crippen LogP contribution < -0.4 is 11.1 Å². The summed E-state index contributed by atoms with van der Waals surface area (Å²) in [7, 11) is 1.86. The molecule has 1 amide bonds. The van der Waals surface area contributed by atoms with Gasteiger partial charge in [0.25, 0.3) is 0 Å². The number of hydrogen-bond acceptors (Lipinski definition) is 4. The van der Waals surface area contributed by atoms with Crippen LogP contribution in [0.25, 0.3) is 11.0 Å². The van der Waals surface area contributed by atoms with Gasteiger partial charge in [0.05, 0.1) is 17.6 Å². The van der Waals surface area contributed by atoms with Gasteiger partial charge in [0.2, 0.25) is 5.91 Å². The topological polar surface area (TPSA) is 85.8 Å². The summed E-state index contributed by atoms with van der Waals surface area (Å²) in [4.78, 5) is 16.3. The SMILES string of the molecule is Cc1nn(C)c2ncc(NC(=O)CC3(N)CCC3)cc12. The number of amides is 1. The van der Waals surface area contributed by atoms with Gasteiger partial charge in [-0.05, 0) is 32.3 Å². The number of nitrogens with one attached hydrogen (secondary N) is 1. The quantitative estimate of drug-likeness (QED) is 0.887. The molecule has 3 N–H and O–H groups in total. The van der Waals surface area contributed by atoms with Crippen molar-refractivity contribution >= 4 is 22.6 Å². The van der Waals surface area contributed by atoms with Crippen LogP contribution in [0.15, 0.2) is 12.3 Å². The highest BCUT2D eigenvalue weighted by molar-refractivity contribution is 5.93. The zero-order valence-electron chi connectivity index (χ0n) is 11.8. The number of carbonyl (C=O) groups is 1. The Labute approximate surface area is 117 Å². The fourth-order valence-electron chi connectivity index (χ4n) is 2.71. The van der Waals surface area contributed by atoms with Gasteiger partial charge in [-0.1, -0.05) is 0 Å². The van der Waals surface area contributed by atoms with Crippen molar-refractivity contribution in [2.45, 2.75) is 38.1 Å². The number of carbonyl (C=O) groups excluding carboxylic acids is 1. The Morgan fingerprint density at radius 2 is 2.30 bits per heavy atom. The fraction of sp³-hybridized carbons (Fsp3) is 0.500. The maximum absolute atomic E-state index is 12.0. The lowest BCUT2D eigenvalue weighted by atomic mass is 9.75. The summed E-state index contributed by atoms with van der Waals surface area (Å²) in [6.07, 6.45) is 5.01. The van der Waals surface area contributed by atoms with E-state index in [2.05, 4.69) is 15.4 Å². The zero-order valence-corrected chi connectivity index (χ0v) is 11.8. The lowest BCUT2D eigenvalue weighted by Crippen LogP contribution is -2.48. The molecule has 1 fully saturated rings. The Balaban J connectivity index is 1.77. The van der Waals surface area contributed by atoms with Crippen LogP contribution in [0.4, 0.5) is 5.69 Å². The summed E-state index contributed by atoms with van der Waals surface area (Å²) in [6.45, 7) is 1.93. The van der Waals surface area contributed by atoms with E-state index in [9.17, 15) is 4.79 Å². The Hall–Kier alpha value is -1.95. The lowest BCUT2D eigenvalue weighted by Gasteiger charge is -2.37. The molecule has 0 bridgehead atoms. The van der Waals surface area contributed by atoms with Crippen LogP contribution in [0, 0.1) is 6.92 Å². The second-order valence-electron chi connectivity index (χ2n) is 5.75. The average Bonchev–Trinajstić information content (AvgIpc) is 2.63. The van der Waals surface area contributed by atoms with E-state index in [0.29, 0.717) is 12.1 Å². The number of aryl methyl sites for hydroxylation is 2. The number of aromatic nitrogens is 3. The van der Waals surface area contributed by atoms with Crippen molar-refractivity contribution in [3.05, 3.63) is 18.0 Å². The average molecular weight is 273 g/mol. The molecule has 20 heavy (non-hydrogen) atoms. The molecular weight excluding hydrogens is 254 g/mol. The minimum absolute atomic E-state index is 0.0464. The van der Waals surface area contributed by atoms with E-state index in [1.54, 1.807) is 10.9 Å². The summed E-state index contributed by atoms with van der Waals surface area (Å²) in [5.74, 6) is -0.0464. The zero-order chi connectivity index (χ0) is 14.3. The molecule has 0 aromatic carbocycles. The van der Waals surface area contributed by atoms with E-state index < -0.39 is 0 Å². The van der Waals surface area contributed by atoms with E-state index >= 15 is 0 Å². The molecule has 0 atom stereocenters. The maximum Gasteiger partial charge on any atom is 0.226 e. The van der Waals surface area contributed by atoms with Crippen LogP contribution >= 0.6 is 0 Å². The molecule has 2 heterocycles. The van der Waals surface area contributed by atoms with Crippen LogP contribution in [0.2, 0.25) is 0 Å². The monoisotopic (exact) mass is 273 g/mol. The molecule has 2 aromatic rings. The molecule has 0 radical (unpaired) electrons. The van der Waals surface area contributed by atoms with Crippen molar-refractivity contribution in [1.82, 2.24) is 14.8 Å². The number of rotatable bonds is 3. The van der Waals surface area contributed by atoms with Crippen molar-refractivity contribution in [2.75, 3.05) is 5.32 Å². The molecule has 1 aliphatic carbocycles. The molecule has 0 unspecified atom stereocenters. The van der Waals surface area contributed by atoms with Crippen molar-refractivity contribution < 1.29 is 4.79 Å². The molecule has 3 rings (SSSR count). The van der Waals surface area contributed by atoms with Crippen molar-refractivity contribution in [2.24, 2.45) is 12.8 Å². The Kier molecular flexibility index (Phi) is 2.97. The minimum Gasteiger partial charge on any atom is -0.325 e. The number of hydrogen-bond donors (Lipinski definition) is 2. The number of nitrogens with two attached hydrogens (primary N) is 1. The number of pyridine rings is 1. The van der Waals surface area contributed by atoms with Gasteiger partial charge in [-0.3, -0.25) is 9.48 Å². The molecule has 0 spiro atoms. The summed E-state index contributed by atoms with van der Waals surface area (Å²) < 4.78 is 1.74. The molecule has 6 heteroatoms. The molecule has 0 aliphatic heterocycles. The summed E-state index contributed by atoms with van der Waals surface area (Å²) in [6, 6.07) is 1.91. The molecule has 2 aromatic heterocycles. The molecule has 0 saturated heterocycles. The smallest absolute Gasteiger partial charge is 0.226 e. The number of anilines is 1. The summed E-state index contributed by atoms with van der Waals surface area (Å²) in [5.41, 5.74) is 8.20. The first kappa shape index (κ1) is 13.1. The van der Waals surface area contributed by atoms with Crippen LogP contribution in [-0.2, 0) is 11.8 Å². The summed E-state index contributed by atoms with van der Waals surface area (Å²) in [5, 5.41) is 8.15. The van der Waals surface area contributed by atoms with E-state index in [1.165, 1.54) is 0 Å². The normalized spacial score (nSPS) is 16.9. The van der Waals surface area contributed by atoms with E-state index in [1.807, 2.05) is 20.0 Å². The first-order chi connectivity index (χ1) is 9.47. The Morgan fingerprint density at radius 1 is 1.55 bits per heavy atom. The lowest BCUT2D eigenvalue weighted by molar-refractivity contribution is -0.118. The molecule has 1 saturated carbocycles. The van der Waals surface area contributed by atoms with Crippen molar-refractivity contribution in [1.29, 1.82) is 0 Å². The largest absolute Gasteiger partial charge is 0.325 e. The highest BCUT2D eigenvalue weighted by Gasteiger charge is 2.34. The van der Waals surface area contributed by atoms with Crippen molar-refractivity contribution in [3.63, 3.8) is 0 Å². The van der Waals surface area contributed by atoms with Gasteiger partial charge in [0, 0.05) is 24.4 Å². The predicted octanol–water partition coefficient (Wildman–Crippen LogP) is 1.49. The van der Waals surface area contributed by atoms with Gasteiger partial charge in [-0.25, -0.2) is 4.98 Å². The van der Waals surface area contributed by atoms with Crippen LogP contribution in [-0.4, -0.2) is 26.2 Å². The van der Waals surface area contributed by atoms with Crippen molar-refractivity contribution in [3.8, 4) is 0 Å². The molecule has 106 valence electrons. The maximum atomic E-state index is 12.0. The predicted molar refractivity (Wildman–Crippen MR) is 77.3 cm³/mol. The number of nitrogens with zero attached hydrogens (tertiary/aromatic N) is 3.